The van der Waals surface area contributed by atoms with Gasteiger partial charge in [0.05, 0.1) is 20.3 Å². The summed E-state index contributed by atoms with van der Waals surface area (Å²) < 4.78 is 27.5. The second-order valence-electron chi connectivity index (χ2n) is 7.77. The average molecular weight is 476 g/mol. The van der Waals surface area contributed by atoms with E-state index in [1.807, 2.05) is 0 Å². The van der Waals surface area contributed by atoms with Crippen molar-refractivity contribution in [1.29, 1.82) is 0 Å². The molecule has 4 rings (SSSR count). The van der Waals surface area contributed by atoms with Crippen LogP contribution in [-0.2, 0) is 4.74 Å². The Morgan fingerprint density at radius 2 is 1.59 bits per heavy atom. The summed E-state index contributed by atoms with van der Waals surface area (Å²) in [5, 5.41) is 50.6. The van der Waals surface area contributed by atoms with E-state index in [1.165, 1.54) is 51.5 Å². The first-order chi connectivity index (χ1) is 16.2. The summed E-state index contributed by atoms with van der Waals surface area (Å²) in [6, 6.07) is 7.02. The van der Waals surface area contributed by atoms with Gasteiger partial charge in [0.1, 0.15) is 35.0 Å². The highest BCUT2D eigenvalue weighted by atomic mass is 16.7. The Kier molecular flexibility index (Phi) is 6.28. The van der Waals surface area contributed by atoms with Crippen molar-refractivity contribution in [3.05, 3.63) is 40.6 Å². The summed E-state index contributed by atoms with van der Waals surface area (Å²) in [4.78, 5) is 13.5. The Morgan fingerprint density at radius 1 is 0.912 bits per heavy atom. The van der Waals surface area contributed by atoms with Gasteiger partial charge in [-0.25, -0.2) is 0 Å². The van der Waals surface area contributed by atoms with E-state index < -0.39 is 47.6 Å². The molecule has 5 atom stereocenters. The van der Waals surface area contributed by atoms with Crippen LogP contribution in [0.3, 0.4) is 0 Å². The molecule has 2 heterocycles. The third-order valence-corrected chi connectivity index (χ3v) is 5.63. The van der Waals surface area contributed by atoms with E-state index in [1.54, 1.807) is 0 Å². The quantitative estimate of drug-likeness (QED) is 0.357. The van der Waals surface area contributed by atoms with Crippen molar-refractivity contribution in [2.75, 3.05) is 14.2 Å². The van der Waals surface area contributed by atoms with Crippen molar-refractivity contribution in [1.82, 2.24) is 0 Å². The molecule has 11 heteroatoms. The van der Waals surface area contributed by atoms with Gasteiger partial charge in [-0.3, -0.25) is 4.79 Å². The molecule has 1 aliphatic rings. The predicted octanol–water partition coefficient (Wildman–Crippen LogP) is 1.09. The van der Waals surface area contributed by atoms with Crippen LogP contribution in [0, 0.1) is 0 Å². The largest absolute Gasteiger partial charge is 0.508 e. The lowest BCUT2D eigenvalue weighted by molar-refractivity contribution is -0.268. The van der Waals surface area contributed by atoms with Crippen LogP contribution in [0.25, 0.3) is 22.3 Å². The molecule has 2 aromatic carbocycles. The first-order valence-corrected chi connectivity index (χ1v) is 10.3. The van der Waals surface area contributed by atoms with E-state index in [0.717, 1.165) is 0 Å². The standard InChI is InChI=1S/C23H24O11/c1-9-15(25)18(28)19(29)23(32-9)34-22-17(27)14-12(8-13(30-2)21(31-3)16(14)26)33-20(22)10-4-6-11(24)7-5-10/h4-9,15,18-19,23-26,28-29H,1-3H3/t9-,15-,18+,19+,23+/m1/s1. The lowest BCUT2D eigenvalue weighted by Crippen LogP contribution is -2.58. The van der Waals surface area contributed by atoms with E-state index in [-0.39, 0.29) is 34.0 Å². The zero-order chi connectivity index (χ0) is 24.7. The van der Waals surface area contributed by atoms with Crippen LogP contribution in [0.15, 0.2) is 39.5 Å². The number of fused-ring (bicyclic) bond motifs is 1. The average Bonchev–Trinajstić information content (AvgIpc) is 2.82. The fourth-order valence-corrected chi connectivity index (χ4v) is 3.76. The molecule has 0 aliphatic carbocycles. The molecule has 1 fully saturated rings. The van der Waals surface area contributed by atoms with Gasteiger partial charge in [-0.15, -0.1) is 0 Å². The molecular weight excluding hydrogens is 452 g/mol. The Hall–Kier alpha value is -3.51. The second kappa shape index (κ2) is 9.03. The number of aliphatic hydroxyl groups is 3. The number of rotatable bonds is 5. The van der Waals surface area contributed by atoms with Crippen LogP contribution in [0.4, 0.5) is 0 Å². The first-order valence-electron chi connectivity index (χ1n) is 10.3. The van der Waals surface area contributed by atoms with Gasteiger partial charge in [0.25, 0.3) is 0 Å². The van der Waals surface area contributed by atoms with Gasteiger partial charge in [-0.2, -0.15) is 0 Å². The first kappa shape index (κ1) is 23.6. The number of hydrogen-bond acceptors (Lipinski definition) is 11. The van der Waals surface area contributed by atoms with E-state index >= 15 is 0 Å². The molecule has 0 saturated carbocycles. The fourth-order valence-electron chi connectivity index (χ4n) is 3.76. The molecule has 5 N–H and O–H groups in total. The van der Waals surface area contributed by atoms with E-state index in [0.29, 0.717) is 5.56 Å². The number of phenols is 2. The Balaban J connectivity index is 1.95. The topological polar surface area (TPSA) is 168 Å². The SMILES string of the molecule is COc1cc2oc(-c3ccc(O)cc3)c(O[C@@H]3O[C@H](C)[C@@H](O)[C@H](O)[C@@H]3O)c(=O)c2c(O)c1OC. The number of hydrogen-bond donors (Lipinski definition) is 5. The minimum absolute atomic E-state index is 0.0321. The summed E-state index contributed by atoms with van der Waals surface area (Å²) in [5.41, 5.74) is -0.559. The predicted molar refractivity (Wildman–Crippen MR) is 117 cm³/mol. The molecule has 1 aromatic heterocycles. The van der Waals surface area contributed by atoms with Gasteiger partial charge in [-0.05, 0) is 31.2 Å². The molecule has 182 valence electrons. The number of aliphatic hydroxyl groups excluding tert-OH is 3. The lowest BCUT2D eigenvalue weighted by Gasteiger charge is -2.38. The second-order valence-corrected chi connectivity index (χ2v) is 7.77. The maximum atomic E-state index is 13.5. The summed E-state index contributed by atoms with van der Waals surface area (Å²) in [7, 11) is 2.63. The van der Waals surface area contributed by atoms with Crippen molar-refractivity contribution in [2.24, 2.45) is 0 Å². The third kappa shape index (κ3) is 3.88. The molecule has 0 unspecified atom stereocenters. The molecule has 0 bridgehead atoms. The maximum Gasteiger partial charge on any atom is 0.239 e. The van der Waals surface area contributed by atoms with Crippen LogP contribution in [0.1, 0.15) is 6.92 Å². The number of methoxy groups -OCH3 is 2. The van der Waals surface area contributed by atoms with E-state index in [2.05, 4.69) is 0 Å². The van der Waals surface area contributed by atoms with Gasteiger partial charge in [-0.1, -0.05) is 0 Å². The third-order valence-electron chi connectivity index (χ3n) is 5.63. The van der Waals surface area contributed by atoms with E-state index in [9.17, 15) is 30.3 Å². The summed E-state index contributed by atoms with van der Waals surface area (Å²) in [6.07, 6.45) is -7.15. The van der Waals surface area contributed by atoms with E-state index in [4.69, 9.17) is 23.4 Å². The number of ether oxygens (including phenoxy) is 4. The van der Waals surface area contributed by atoms with Gasteiger partial charge in [0, 0.05) is 11.6 Å². The van der Waals surface area contributed by atoms with Crippen molar-refractivity contribution in [2.45, 2.75) is 37.6 Å². The maximum absolute atomic E-state index is 13.5. The minimum Gasteiger partial charge on any atom is -0.508 e. The number of aromatic hydroxyl groups is 2. The molecule has 1 saturated heterocycles. The van der Waals surface area contributed by atoms with Gasteiger partial charge < -0.3 is 48.9 Å². The summed E-state index contributed by atoms with van der Waals surface area (Å²) in [6.45, 7) is 1.46. The lowest BCUT2D eigenvalue weighted by atomic mass is 10.00. The molecule has 0 radical (unpaired) electrons. The minimum atomic E-state index is -1.70. The molecule has 0 spiro atoms. The normalized spacial score (nSPS) is 24.7. The highest BCUT2D eigenvalue weighted by molar-refractivity contribution is 5.91. The van der Waals surface area contributed by atoms with Crippen LogP contribution in [0.5, 0.6) is 28.7 Å². The monoisotopic (exact) mass is 476 g/mol. The van der Waals surface area contributed by atoms with Crippen molar-refractivity contribution >= 4 is 11.0 Å². The highest BCUT2D eigenvalue weighted by Gasteiger charge is 2.44. The summed E-state index contributed by atoms with van der Waals surface area (Å²) in [5.74, 6) is -1.13. The highest BCUT2D eigenvalue weighted by Crippen LogP contribution is 2.44. The number of phenolic OH excluding ortho intramolecular Hbond substituents is 2. The smallest absolute Gasteiger partial charge is 0.239 e. The van der Waals surface area contributed by atoms with Crippen LogP contribution in [0.2, 0.25) is 0 Å². The molecule has 1 aliphatic heterocycles. The molecule has 0 amide bonds. The van der Waals surface area contributed by atoms with Crippen LogP contribution >= 0.6 is 0 Å². The zero-order valence-corrected chi connectivity index (χ0v) is 18.5. The Bertz CT molecular complexity index is 1250. The van der Waals surface area contributed by atoms with Crippen molar-refractivity contribution in [3.63, 3.8) is 0 Å². The zero-order valence-electron chi connectivity index (χ0n) is 18.5. The molecule has 11 nitrogen and oxygen atoms in total. The Morgan fingerprint density at radius 3 is 2.21 bits per heavy atom. The van der Waals surface area contributed by atoms with Gasteiger partial charge >= 0.3 is 0 Å². The van der Waals surface area contributed by atoms with Gasteiger partial charge in [0.15, 0.2) is 17.3 Å². The number of benzene rings is 2. The Labute approximate surface area is 192 Å². The molecule has 3 aromatic rings. The molecular formula is C23H24O11. The summed E-state index contributed by atoms with van der Waals surface area (Å²) >= 11 is 0. The van der Waals surface area contributed by atoms with Crippen LogP contribution < -0.4 is 19.6 Å². The molecule has 34 heavy (non-hydrogen) atoms. The van der Waals surface area contributed by atoms with Crippen molar-refractivity contribution in [3.8, 4) is 40.1 Å². The van der Waals surface area contributed by atoms with Crippen molar-refractivity contribution < 1.29 is 48.9 Å². The van der Waals surface area contributed by atoms with Crippen LogP contribution in [-0.4, -0.2) is 70.5 Å². The fraction of sp³-hybridized carbons (Fsp3) is 0.348. The van der Waals surface area contributed by atoms with Gasteiger partial charge in [0.2, 0.25) is 23.2 Å².